The molecular weight excluding hydrogens is 250 g/mol. The van der Waals surface area contributed by atoms with E-state index >= 15 is 0 Å². The fourth-order valence-electron chi connectivity index (χ4n) is 1.65. The van der Waals surface area contributed by atoms with Crippen molar-refractivity contribution in [3.8, 4) is 0 Å². The van der Waals surface area contributed by atoms with Crippen molar-refractivity contribution in [2.75, 3.05) is 5.73 Å². The lowest BCUT2D eigenvalue weighted by atomic mass is 10.1. The van der Waals surface area contributed by atoms with Gasteiger partial charge in [-0.25, -0.2) is 0 Å². The minimum Gasteiger partial charge on any atom is -0.390 e. The molecule has 2 heterocycles. The number of rotatable bonds is 5. The number of unbranched alkanes of at least 4 members (excludes halogenated alkanes) is 1. The van der Waals surface area contributed by atoms with Gasteiger partial charge in [0.15, 0.2) is 0 Å². The minimum absolute atomic E-state index is 0.0523. The van der Waals surface area contributed by atoms with Gasteiger partial charge in [-0.2, -0.15) is 0 Å². The van der Waals surface area contributed by atoms with Gasteiger partial charge in [0.25, 0.3) is 0 Å². The van der Waals surface area contributed by atoms with Crippen LogP contribution < -0.4 is 5.73 Å². The Kier molecular flexibility index (Phi) is 3.97. The van der Waals surface area contributed by atoms with E-state index in [0.717, 1.165) is 24.1 Å². The Morgan fingerprint density at radius 3 is 2.94 bits per heavy atom. The van der Waals surface area contributed by atoms with E-state index in [4.69, 9.17) is 5.73 Å². The molecule has 0 spiro atoms. The van der Waals surface area contributed by atoms with Gasteiger partial charge in [-0.1, -0.05) is 19.4 Å². The Balaban J connectivity index is 2.21. The maximum atomic E-state index is 12.2. The summed E-state index contributed by atoms with van der Waals surface area (Å²) >= 11 is 3.00. The standard InChI is InChI=1S/C13H15NOS2/c1-2-3-5-9-8-10(13(14)17-9)12(15)11-6-4-7-16-11/h4,6-8H,2-3,5,14H2,1H3. The van der Waals surface area contributed by atoms with E-state index in [1.807, 2.05) is 23.6 Å². The molecule has 4 heteroatoms. The van der Waals surface area contributed by atoms with Crippen LogP contribution in [-0.2, 0) is 6.42 Å². The van der Waals surface area contributed by atoms with Gasteiger partial charge in [0.1, 0.15) is 0 Å². The van der Waals surface area contributed by atoms with E-state index in [1.54, 1.807) is 11.3 Å². The molecular formula is C13H15NOS2. The number of ketones is 1. The Bertz CT molecular complexity index is 499. The number of thiophene rings is 2. The third-order valence-corrected chi connectivity index (χ3v) is 4.47. The molecule has 0 radical (unpaired) electrons. The summed E-state index contributed by atoms with van der Waals surface area (Å²) in [4.78, 5) is 14.1. The topological polar surface area (TPSA) is 43.1 Å². The first-order valence-corrected chi connectivity index (χ1v) is 7.38. The van der Waals surface area contributed by atoms with E-state index in [2.05, 4.69) is 6.92 Å². The predicted molar refractivity (Wildman–Crippen MR) is 75.1 cm³/mol. The normalized spacial score (nSPS) is 10.6. The van der Waals surface area contributed by atoms with Gasteiger partial charge in [0.05, 0.1) is 15.4 Å². The first kappa shape index (κ1) is 12.3. The highest BCUT2D eigenvalue weighted by molar-refractivity contribution is 7.16. The van der Waals surface area contributed by atoms with Gasteiger partial charge in [0, 0.05) is 4.88 Å². The molecule has 90 valence electrons. The molecule has 2 nitrogen and oxygen atoms in total. The number of hydrogen-bond acceptors (Lipinski definition) is 4. The van der Waals surface area contributed by atoms with Crippen molar-refractivity contribution >= 4 is 33.5 Å². The maximum absolute atomic E-state index is 12.2. The third kappa shape index (κ3) is 2.76. The van der Waals surface area contributed by atoms with Crippen LogP contribution in [0.2, 0.25) is 0 Å². The number of anilines is 1. The quantitative estimate of drug-likeness (QED) is 0.831. The van der Waals surface area contributed by atoms with Gasteiger partial charge in [0.2, 0.25) is 5.78 Å². The average Bonchev–Trinajstić information content (AvgIpc) is 2.94. The first-order chi connectivity index (χ1) is 8.22. The molecule has 2 rings (SSSR count). The van der Waals surface area contributed by atoms with Crippen LogP contribution in [0, 0.1) is 0 Å². The molecule has 17 heavy (non-hydrogen) atoms. The van der Waals surface area contributed by atoms with Gasteiger partial charge >= 0.3 is 0 Å². The second-order valence-corrected chi connectivity index (χ2v) is 6.02. The lowest BCUT2D eigenvalue weighted by Gasteiger charge is -1.94. The Morgan fingerprint density at radius 1 is 1.47 bits per heavy atom. The summed E-state index contributed by atoms with van der Waals surface area (Å²) in [7, 11) is 0. The van der Waals surface area contributed by atoms with Crippen LogP contribution in [0.4, 0.5) is 5.00 Å². The first-order valence-electron chi connectivity index (χ1n) is 5.68. The lowest BCUT2D eigenvalue weighted by molar-refractivity contribution is 0.104. The van der Waals surface area contributed by atoms with Crippen molar-refractivity contribution in [3.63, 3.8) is 0 Å². The van der Waals surface area contributed by atoms with Crippen LogP contribution >= 0.6 is 22.7 Å². The van der Waals surface area contributed by atoms with E-state index in [0.29, 0.717) is 10.6 Å². The molecule has 0 aliphatic heterocycles. The molecule has 0 atom stereocenters. The van der Waals surface area contributed by atoms with Crippen LogP contribution in [0.3, 0.4) is 0 Å². The molecule has 2 aromatic rings. The largest absolute Gasteiger partial charge is 0.390 e. The molecule has 0 fully saturated rings. The number of nitrogens with two attached hydrogens (primary N) is 1. The summed E-state index contributed by atoms with van der Waals surface area (Å²) in [5.41, 5.74) is 6.59. The second-order valence-electron chi connectivity index (χ2n) is 3.90. The average molecular weight is 265 g/mol. The van der Waals surface area contributed by atoms with Crippen LogP contribution in [0.5, 0.6) is 0 Å². The summed E-state index contributed by atoms with van der Waals surface area (Å²) in [6.07, 6.45) is 3.32. The van der Waals surface area contributed by atoms with E-state index < -0.39 is 0 Å². The van der Waals surface area contributed by atoms with Crippen molar-refractivity contribution in [2.24, 2.45) is 0 Å². The highest BCUT2D eigenvalue weighted by Gasteiger charge is 2.16. The molecule has 0 saturated carbocycles. The lowest BCUT2D eigenvalue weighted by Crippen LogP contribution is -1.99. The number of carbonyl (C=O) groups excluding carboxylic acids is 1. The van der Waals surface area contributed by atoms with Crippen LogP contribution in [0.1, 0.15) is 39.9 Å². The molecule has 0 amide bonds. The molecule has 2 aromatic heterocycles. The van der Waals surface area contributed by atoms with Crippen molar-refractivity contribution in [3.05, 3.63) is 38.9 Å². The van der Waals surface area contributed by atoms with Gasteiger partial charge in [-0.05, 0) is 30.4 Å². The monoisotopic (exact) mass is 265 g/mol. The third-order valence-electron chi connectivity index (χ3n) is 2.58. The summed E-state index contributed by atoms with van der Waals surface area (Å²) < 4.78 is 0. The van der Waals surface area contributed by atoms with Crippen LogP contribution in [0.25, 0.3) is 0 Å². The predicted octanol–water partition coefficient (Wildman–Crippen LogP) is 3.97. The van der Waals surface area contributed by atoms with E-state index in [9.17, 15) is 4.79 Å². The number of nitrogen functional groups attached to an aromatic ring is 1. The Labute approximate surface area is 109 Å². The fraction of sp³-hybridized carbons (Fsp3) is 0.308. The zero-order valence-electron chi connectivity index (χ0n) is 9.73. The zero-order chi connectivity index (χ0) is 12.3. The minimum atomic E-state index is 0.0523. The Morgan fingerprint density at radius 2 is 2.29 bits per heavy atom. The van der Waals surface area contributed by atoms with Gasteiger partial charge in [-0.3, -0.25) is 4.79 Å². The SMILES string of the molecule is CCCCc1cc(C(=O)c2cccs2)c(N)s1. The van der Waals surface area contributed by atoms with E-state index in [-0.39, 0.29) is 5.78 Å². The molecule has 0 aromatic carbocycles. The Hall–Kier alpha value is -1.13. The van der Waals surface area contributed by atoms with Crippen LogP contribution in [-0.4, -0.2) is 5.78 Å². The number of aryl methyl sites for hydroxylation is 1. The molecule has 2 N–H and O–H groups in total. The van der Waals surface area contributed by atoms with Crippen molar-refractivity contribution in [2.45, 2.75) is 26.2 Å². The van der Waals surface area contributed by atoms with Crippen molar-refractivity contribution in [1.29, 1.82) is 0 Å². The second kappa shape index (κ2) is 5.47. The highest BCUT2D eigenvalue weighted by Crippen LogP contribution is 2.29. The van der Waals surface area contributed by atoms with E-state index in [1.165, 1.54) is 16.2 Å². The van der Waals surface area contributed by atoms with Gasteiger partial charge < -0.3 is 5.73 Å². The van der Waals surface area contributed by atoms with Crippen molar-refractivity contribution < 1.29 is 4.79 Å². The summed E-state index contributed by atoms with van der Waals surface area (Å²) in [5, 5.41) is 2.56. The summed E-state index contributed by atoms with van der Waals surface area (Å²) in [5.74, 6) is 0.0523. The van der Waals surface area contributed by atoms with Crippen molar-refractivity contribution in [1.82, 2.24) is 0 Å². The summed E-state index contributed by atoms with van der Waals surface area (Å²) in [6, 6.07) is 5.69. The molecule has 0 aliphatic rings. The number of carbonyl (C=O) groups is 1. The molecule has 0 aliphatic carbocycles. The molecule has 0 unspecified atom stereocenters. The smallest absolute Gasteiger partial charge is 0.205 e. The van der Waals surface area contributed by atoms with Crippen LogP contribution in [0.15, 0.2) is 23.6 Å². The molecule has 0 saturated heterocycles. The van der Waals surface area contributed by atoms with Gasteiger partial charge in [-0.15, -0.1) is 22.7 Å². The number of hydrogen-bond donors (Lipinski definition) is 1. The zero-order valence-corrected chi connectivity index (χ0v) is 11.4. The highest BCUT2D eigenvalue weighted by atomic mass is 32.1. The maximum Gasteiger partial charge on any atom is 0.205 e. The summed E-state index contributed by atoms with van der Waals surface area (Å²) in [6.45, 7) is 2.16. The molecule has 0 bridgehead atoms. The fourth-order valence-corrected chi connectivity index (χ4v) is 3.30.